The molecule has 1 atom stereocenters. The normalized spacial score (nSPS) is 13.4. The van der Waals surface area contributed by atoms with Gasteiger partial charge in [-0.2, -0.15) is 0 Å². The highest BCUT2D eigenvalue weighted by Crippen LogP contribution is 2.13. The van der Waals surface area contributed by atoms with E-state index in [0.717, 1.165) is 12.0 Å². The molecule has 0 saturated carbocycles. The zero-order chi connectivity index (χ0) is 11.5. The molecule has 0 rings (SSSR count). The first-order valence-electron chi connectivity index (χ1n) is 6.88. The van der Waals surface area contributed by atoms with Gasteiger partial charge in [0.25, 0.3) is 0 Å². The molecule has 0 heterocycles. The number of hydrogen-bond acceptors (Lipinski definition) is 1. The van der Waals surface area contributed by atoms with Crippen LogP contribution >= 0.6 is 0 Å². The molecule has 0 bridgehead atoms. The Morgan fingerprint density at radius 3 is 2.07 bits per heavy atom. The monoisotopic (exact) mass is 213 g/mol. The van der Waals surface area contributed by atoms with Crippen molar-refractivity contribution in [2.75, 3.05) is 7.05 Å². The summed E-state index contributed by atoms with van der Waals surface area (Å²) in [7, 11) is 2.10. The molecule has 1 heteroatoms. The van der Waals surface area contributed by atoms with Crippen LogP contribution in [0.5, 0.6) is 0 Å². The van der Waals surface area contributed by atoms with Gasteiger partial charge in [0.2, 0.25) is 0 Å². The van der Waals surface area contributed by atoms with Crippen molar-refractivity contribution in [2.45, 2.75) is 78.2 Å². The molecule has 0 aliphatic carbocycles. The molecule has 0 amide bonds. The molecule has 1 N–H and O–H groups in total. The smallest absolute Gasteiger partial charge is 0.00664 e. The van der Waals surface area contributed by atoms with Gasteiger partial charge in [0, 0.05) is 6.04 Å². The Labute approximate surface area is 97.0 Å². The van der Waals surface area contributed by atoms with E-state index >= 15 is 0 Å². The predicted molar refractivity (Wildman–Crippen MR) is 70.3 cm³/mol. The molecule has 0 aromatic carbocycles. The Bertz CT molecular complexity index is 121. The highest BCUT2D eigenvalue weighted by molar-refractivity contribution is 4.66. The Morgan fingerprint density at radius 2 is 1.53 bits per heavy atom. The Hall–Kier alpha value is -0.0400. The SMILES string of the molecule is CCCCCCCCC(CC(C)C)NC. The maximum absolute atomic E-state index is 3.44. The molecule has 0 aromatic rings. The van der Waals surface area contributed by atoms with Crippen LogP contribution in [0.15, 0.2) is 0 Å². The minimum absolute atomic E-state index is 0.746. The molecule has 0 fully saturated rings. The molecule has 1 unspecified atom stereocenters. The van der Waals surface area contributed by atoms with Crippen LogP contribution in [0.1, 0.15) is 72.1 Å². The molecule has 1 nitrogen and oxygen atoms in total. The van der Waals surface area contributed by atoms with E-state index in [-0.39, 0.29) is 0 Å². The van der Waals surface area contributed by atoms with Crippen LogP contribution in [0, 0.1) is 5.92 Å². The van der Waals surface area contributed by atoms with Gasteiger partial charge >= 0.3 is 0 Å². The molecule has 0 aliphatic rings. The van der Waals surface area contributed by atoms with Crippen LogP contribution in [0.4, 0.5) is 0 Å². The fraction of sp³-hybridized carbons (Fsp3) is 1.00. The zero-order valence-corrected chi connectivity index (χ0v) is 11.3. The van der Waals surface area contributed by atoms with Crippen LogP contribution in [0.3, 0.4) is 0 Å². The lowest BCUT2D eigenvalue weighted by molar-refractivity contribution is 0.405. The van der Waals surface area contributed by atoms with Crippen molar-refractivity contribution >= 4 is 0 Å². The van der Waals surface area contributed by atoms with Crippen LogP contribution in [0.2, 0.25) is 0 Å². The summed E-state index contributed by atoms with van der Waals surface area (Å²) in [4.78, 5) is 0. The quantitative estimate of drug-likeness (QED) is 0.531. The maximum atomic E-state index is 3.44. The zero-order valence-electron chi connectivity index (χ0n) is 11.3. The van der Waals surface area contributed by atoms with E-state index in [9.17, 15) is 0 Å². The first kappa shape index (κ1) is 15.0. The van der Waals surface area contributed by atoms with Gasteiger partial charge in [-0.05, 0) is 25.8 Å². The van der Waals surface area contributed by atoms with E-state index in [4.69, 9.17) is 0 Å². The van der Waals surface area contributed by atoms with E-state index in [1.165, 1.54) is 51.4 Å². The van der Waals surface area contributed by atoms with Gasteiger partial charge in [0.1, 0.15) is 0 Å². The van der Waals surface area contributed by atoms with Gasteiger partial charge in [-0.3, -0.25) is 0 Å². The summed E-state index contributed by atoms with van der Waals surface area (Å²) in [5, 5.41) is 3.44. The number of unbranched alkanes of at least 4 members (excludes halogenated alkanes) is 5. The molecule has 0 radical (unpaired) electrons. The van der Waals surface area contributed by atoms with Gasteiger partial charge in [-0.25, -0.2) is 0 Å². The number of rotatable bonds is 10. The molecule has 0 saturated heterocycles. The summed E-state index contributed by atoms with van der Waals surface area (Å²) in [6.07, 6.45) is 11.2. The van der Waals surface area contributed by atoms with Gasteiger partial charge < -0.3 is 5.32 Å². The summed E-state index contributed by atoms with van der Waals surface area (Å²) in [5.74, 6) is 0.822. The first-order chi connectivity index (χ1) is 7.20. The van der Waals surface area contributed by atoms with E-state index in [2.05, 4.69) is 33.1 Å². The number of nitrogens with one attached hydrogen (secondary N) is 1. The fourth-order valence-electron chi connectivity index (χ4n) is 2.12. The lowest BCUT2D eigenvalue weighted by Crippen LogP contribution is -2.26. The van der Waals surface area contributed by atoms with Crippen molar-refractivity contribution in [2.24, 2.45) is 5.92 Å². The highest BCUT2D eigenvalue weighted by Gasteiger charge is 2.07. The topological polar surface area (TPSA) is 12.0 Å². The molecular weight excluding hydrogens is 182 g/mol. The van der Waals surface area contributed by atoms with Crippen molar-refractivity contribution in [3.05, 3.63) is 0 Å². The lowest BCUT2D eigenvalue weighted by atomic mass is 9.98. The van der Waals surface area contributed by atoms with Gasteiger partial charge in [-0.1, -0.05) is 59.3 Å². The standard InChI is InChI=1S/C14H31N/c1-5-6-7-8-9-10-11-14(15-4)12-13(2)3/h13-15H,5-12H2,1-4H3. The maximum Gasteiger partial charge on any atom is 0.00664 e. The number of hydrogen-bond donors (Lipinski definition) is 1. The minimum atomic E-state index is 0.746. The average molecular weight is 213 g/mol. The van der Waals surface area contributed by atoms with Crippen molar-refractivity contribution in [1.29, 1.82) is 0 Å². The summed E-state index contributed by atoms with van der Waals surface area (Å²) in [6.45, 7) is 6.90. The third-order valence-electron chi connectivity index (χ3n) is 3.07. The second-order valence-electron chi connectivity index (χ2n) is 5.17. The van der Waals surface area contributed by atoms with Crippen LogP contribution in [0.25, 0.3) is 0 Å². The van der Waals surface area contributed by atoms with E-state index in [0.29, 0.717) is 0 Å². The van der Waals surface area contributed by atoms with Crippen LogP contribution in [-0.2, 0) is 0 Å². The van der Waals surface area contributed by atoms with Crippen LogP contribution < -0.4 is 5.32 Å². The van der Waals surface area contributed by atoms with Crippen molar-refractivity contribution in [3.8, 4) is 0 Å². The van der Waals surface area contributed by atoms with E-state index < -0.39 is 0 Å². The van der Waals surface area contributed by atoms with Crippen molar-refractivity contribution in [1.82, 2.24) is 5.32 Å². The minimum Gasteiger partial charge on any atom is -0.317 e. The average Bonchev–Trinajstić information content (AvgIpc) is 2.20. The second-order valence-corrected chi connectivity index (χ2v) is 5.17. The Kier molecular flexibility index (Phi) is 10.4. The third-order valence-corrected chi connectivity index (χ3v) is 3.07. The fourth-order valence-corrected chi connectivity index (χ4v) is 2.12. The lowest BCUT2D eigenvalue weighted by Gasteiger charge is -2.18. The van der Waals surface area contributed by atoms with Gasteiger partial charge in [-0.15, -0.1) is 0 Å². The Balaban J connectivity index is 3.30. The summed E-state index contributed by atoms with van der Waals surface area (Å²) in [5.41, 5.74) is 0. The van der Waals surface area contributed by atoms with E-state index in [1.54, 1.807) is 0 Å². The molecular formula is C14H31N. The van der Waals surface area contributed by atoms with Crippen molar-refractivity contribution in [3.63, 3.8) is 0 Å². The largest absolute Gasteiger partial charge is 0.317 e. The Morgan fingerprint density at radius 1 is 0.933 bits per heavy atom. The molecule has 0 spiro atoms. The third kappa shape index (κ3) is 10.2. The second kappa shape index (κ2) is 10.5. The molecule has 0 aromatic heterocycles. The predicted octanol–water partition coefficient (Wildman–Crippen LogP) is 4.37. The molecule has 0 aliphatic heterocycles. The summed E-state index contributed by atoms with van der Waals surface area (Å²) >= 11 is 0. The van der Waals surface area contributed by atoms with Gasteiger partial charge in [0.05, 0.1) is 0 Å². The summed E-state index contributed by atoms with van der Waals surface area (Å²) in [6, 6.07) is 0.746. The van der Waals surface area contributed by atoms with Gasteiger partial charge in [0.15, 0.2) is 0 Å². The van der Waals surface area contributed by atoms with Crippen LogP contribution in [-0.4, -0.2) is 13.1 Å². The highest BCUT2D eigenvalue weighted by atomic mass is 14.9. The van der Waals surface area contributed by atoms with E-state index in [1.807, 2.05) is 0 Å². The molecule has 15 heavy (non-hydrogen) atoms. The first-order valence-corrected chi connectivity index (χ1v) is 6.88. The molecule has 92 valence electrons. The van der Waals surface area contributed by atoms with Crippen molar-refractivity contribution < 1.29 is 0 Å². The summed E-state index contributed by atoms with van der Waals surface area (Å²) < 4.78 is 0.